The molecular formula is C18H16N4O. The molecule has 1 amide bonds. The Morgan fingerprint density at radius 1 is 1.26 bits per heavy atom. The molecule has 0 unspecified atom stereocenters. The molecule has 0 saturated heterocycles. The van der Waals surface area contributed by atoms with Crippen molar-refractivity contribution in [3.63, 3.8) is 0 Å². The summed E-state index contributed by atoms with van der Waals surface area (Å²) in [5, 5.41) is 11.8. The van der Waals surface area contributed by atoms with Crippen LogP contribution in [0.15, 0.2) is 48.5 Å². The summed E-state index contributed by atoms with van der Waals surface area (Å²) in [6.45, 7) is 3.10. The molecule has 1 heterocycles. The number of hydrogen-bond donors (Lipinski definition) is 1. The van der Waals surface area contributed by atoms with Gasteiger partial charge < -0.3 is 9.88 Å². The van der Waals surface area contributed by atoms with Crippen LogP contribution >= 0.6 is 0 Å². The maximum absolute atomic E-state index is 12.1. The molecule has 0 radical (unpaired) electrons. The van der Waals surface area contributed by atoms with Crippen LogP contribution in [0.25, 0.3) is 11.0 Å². The molecule has 3 aromatic rings. The van der Waals surface area contributed by atoms with E-state index in [1.807, 2.05) is 37.3 Å². The second-order valence-corrected chi connectivity index (χ2v) is 5.25. The number of aryl methyl sites for hydroxylation is 1. The van der Waals surface area contributed by atoms with Crippen molar-refractivity contribution < 1.29 is 4.79 Å². The molecular weight excluding hydrogens is 288 g/mol. The third-order valence-corrected chi connectivity index (χ3v) is 3.72. The standard InChI is InChI=1S/C18H16N4O/c1-13-21-16-7-2-3-8-17(16)22(13)10-9-20-18(23)15-6-4-5-14(11-15)12-19/h2-8,11H,9-10H2,1H3,(H,20,23). The van der Waals surface area contributed by atoms with Gasteiger partial charge in [-0.2, -0.15) is 5.26 Å². The summed E-state index contributed by atoms with van der Waals surface area (Å²) in [5.41, 5.74) is 2.99. The molecule has 0 fully saturated rings. The SMILES string of the molecule is Cc1nc2ccccc2n1CCNC(=O)c1cccc(C#N)c1. The average Bonchev–Trinajstić information content (AvgIpc) is 2.90. The number of benzene rings is 2. The number of carbonyl (C=O) groups is 1. The molecule has 3 rings (SSSR count). The number of aromatic nitrogens is 2. The fourth-order valence-corrected chi connectivity index (χ4v) is 2.59. The number of nitrogens with one attached hydrogen (secondary N) is 1. The van der Waals surface area contributed by atoms with Crippen LogP contribution in [-0.2, 0) is 6.54 Å². The number of carbonyl (C=O) groups excluding carboxylic acids is 1. The summed E-state index contributed by atoms with van der Waals surface area (Å²) < 4.78 is 2.08. The zero-order chi connectivity index (χ0) is 16.2. The van der Waals surface area contributed by atoms with Crippen molar-refractivity contribution in [2.24, 2.45) is 0 Å². The highest BCUT2D eigenvalue weighted by molar-refractivity contribution is 5.94. The Morgan fingerprint density at radius 2 is 2.09 bits per heavy atom. The van der Waals surface area contributed by atoms with Gasteiger partial charge in [0.15, 0.2) is 0 Å². The van der Waals surface area contributed by atoms with Crippen molar-refractivity contribution in [1.82, 2.24) is 14.9 Å². The third-order valence-electron chi connectivity index (χ3n) is 3.72. The first-order valence-corrected chi connectivity index (χ1v) is 7.39. The number of nitrogens with zero attached hydrogens (tertiary/aromatic N) is 3. The van der Waals surface area contributed by atoms with Gasteiger partial charge in [-0.05, 0) is 37.3 Å². The first-order chi connectivity index (χ1) is 11.2. The van der Waals surface area contributed by atoms with E-state index in [1.54, 1.807) is 24.3 Å². The van der Waals surface area contributed by atoms with Gasteiger partial charge in [0.1, 0.15) is 5.82 Å². The predicted molar refractivity (Wildman–Crippen MR) is 88.0 cm³/mol. The molecule has 5 nitrogen and oxygen atoms in total. The van der Waals surface area contributed by atoms with Gasteiger partial charge in [-0.3, -0.25) is 4.79 Å². The molecule has 5 heteroatoms. The number of para-hydroxylation sites is 2. The number of amides is 1. The van der Waals surface area contributed by atoms with E-state index in [-0.39, 0.29) is 5.91 Å². The van der Waals surface area contributed by atoms with Crippen molar-refractivity contribution in [1.29, 1.82) is 5.26 Å². The summed E-state index contributed by atoms with van der Waals surface area (Å²) in [6.07, 6.45) is 0. The second-order valence-electron chi connectivity index (χ2n) is 5.25. The van der Waals surface area contributed by atoms with E-state index in [0.29, 0.717) is 24.2 Å². The van der Waals surface area contributed by atoms with Crippen LogP contribution in [0.4, 0.5) is 0 Å². The molecule has 0 aliphatic carbocycles. The summed E-state index contributed by atoms with van der Waals surface area (Å²) >= 11 is 0. The predicted octanol–water partition coefficient (Wildman–Crippen LogP) is 2.65. The molecule has 2 aromatic carbocycles. The average molecular weight is 304 g/mol. The Balaban J connectivity index is 1.68. The first-order valence-electron chi connectivity index (χ1n) is 7.39. The topological polar surface area (TPSA) is 70.7 Å². The lowest BCUT2D eigenvalue weighted by Gasteiger charge is -2.09. The molecule has 23 heavy (non-hydrogen) atoms. The highest BCUT2D eigenvalue weighted by Crippen LogP contribution is 2.14. The van der Waals surface area contributed by atoms with E-state index in [0.717, 1.165) is 16.9 Å². The van der Waals surface area contributed by atoms with Crippen LogP contribution in [-0.4, -0.2) is 22.0 Å². The van der Waals surface area contributed by atoms with E-state index in [1.165, 1.54) is 0 Å². The van der Waals surface area contributed by atoms with Crippen LogP contribution in [0.5, 0.6) is 0 Å². The van der Waals surface area contributed by atoms with Gasteiger partial charge in [-0.25, -0.2) is 4.98 Å². The van der Waals surface area contributed by atoms with Crippen molar-refractivity contribution in [2.45, 2.75) is 13.5 Å². The van der Waals surface area contributed by atoms with E-state index in [2.05, 4.69) is 14.9 Å². The van der Waals surface area contributed by atoms with E-state index in [4.69, 9.17) is 5.26 Å². The number of imidazole rings is 1. The lowest BCUT2D eigenvalue weighted by Crippen LogP contribution is -2.27. The van der Waals surface area contributed by atoms with Crippen LogP contribution in [0.3, 0.4) is 0 Å². The van der Waals surface area contributed by atoms with E-state index < -0.39 is 0 Å². The third kappa shape index (κ3) is 3.06. The monoisotopic (exact) mass is 304 g/mol. The number of fused-ring (bicyclic) bond motifs is 1. The van der Waals surface area contributed by atoms with Gasteiger partial charge in [-0.1, -0.05) is 18.2 Å². The Kier molecular flexibility index (Phi) is 4.07. The van der Waals surface area contributed by atoms with Gasteiger partial charge in [0.25, 0.3) is 5.91 Å². The van der Waals surface area contributed by atoms with Crippen LogP contribution in [0, 0.1) is 18.3 Å². The number of hydrogen-bond acceptors (Lipinski definition) is 3. The zero-order valence-electron chi connectivity index (χ0n) is 12.8. The molecule has 1 N–H and O–H groups in total. The Bertz CT molecular complexity index is 905. The van der Waals surface area contributed by atoms with Gasteiger partial charge in [0, 0.05) is 18.7 Å². The minimum absolute atomic E-state index is 0.177. The molecule has 0 saturated carbocycles. The van der Waals surface area contributed by atoms with Gasteiger partial charge in [0.05, 0.1) is 22.7 Å². The van der Waals surface area contributed by atoms with Gasteiger partial charge in [0.2, 0.25) is 0 Å². The molecule has 0 spiro atoms. The minimum Gasteiger partial charge on any atom is -0.350 e. The van der Waals surface area contributed by atoms with E-state index in [9.17, 15) is 4.79 Å². The highest BCUT2D eigenvalue weighted by Gasteiger charge is 2.08. The summed E-state index contributed by atoms with van der Waals surface area (Å²) in [6, 6.07) is 16.7. The lowest BCUT2D eigenvalue weighted by atomic mass is 10.1. The molecule has 114 valence electrons. The van der Waals surface area contributed by atoms with Gasteiger partial charge >= 0.3 is 0 Å². The molecule has 0 aliphatic heterocycles. The Labute approximate surface area is 134 Å². The maximum Gasteiger partial charge on any atom is 0.251 e. The molecule has 0 atom stereocenters. The largest absolute Gasteiger partial charge is 0.350 e. The van der Waals surface area contributed by atoms with Crippen molar-refractivity contribution in [3.05, 3.63) is 65.5 Å². The summed E-state index contributed by atoms with van der Waals surface area (Å²) in [4.78, 5) is 16.7. The van der Waals surface area contributed by atoms with Gasteiger partial charge in [-0.15, -0.1) is 0 Å². The number of nitriles is 1. The second kappa shape index (κ2) is 6.32. The lowest BCUT2D eigenvalue weighted by molar-refractivity contribution is 0.0952. The highest BCUT2D eigenvalue weighted by atomic mass is 16.1. The summed E-state index contributed by atoms with van der Waals surface area (Å²) in [7, 11) is 0. The minimum atomic E-state index is -0.177. The van der Waals surface area contributed by atoms with Crippen LogP contribution in [0.2, 0.25) is 0 Å². The van der Waals surface area contributed by atoms with Crippen molar-refractivity contribution >= 4 is 16.9 Å². The fourth-order valence-electron chi connectivity index (χ4n) is 2.59. The number of rotatable bonds is 4. The van der Waals surface area contributed by atoms with Crippen molar-refractivity contribution in [2.75, 3.05) is 6.54 Å². The zero-order valence-corrected chi connectivity index (χ0v) is 12.8. The molecule has 1 aromatic heterocycles. The quantitative estimate of drug-likeness (QED) is 0.805. The Hall–Kier alpha value is -3.13. The fraction of sp³-hybridized carbons (Fsp3) is 0.167. The Morgan fingerprint density at radius 3 is 2.91 bits per heavy atom. The maximum atomic E-state index is 12.1. The summed E-state index contributed by atoms with van der Waals surface area (Å²) in [5.74, 6) is 0.746. The van der Waals surface area contributed by atoms with Crippen LogP contribution in [0.1, 0.15) is 21.7 Å². The molecule has 0 bridgehead atoms. The van der Waals surface area contributed by atoms with Crippen molar-refractivity contribution in [3.8, 4) is 6.07 Å². The molecule has 0 aliphatic rings. The smallest absolute Gasteiger partial charge is 0.251 e. The normalized spacial score (nSPS) is 10.4. The first kappa shape index (κ1) is 14.8. The van der Waals surface area contributed by atoms with E-state index >= 15 is 0 Å². The van der Waals surface area contributed by atoms with Crippen LogP contribution < -0.4 is 5.32 Å².